The summed E-state index contributed by atoms with van der Waals surface area (Å²) in [5.41, 5.74) is 1.61. The first-order chi connectivity index (χ1) is 12.2. The number of amides is 1. The fourth-order valence-corrected chi connectivity index (χ4v) is 2.92. The number of hydrogen-bond donors (Lipinski definition) is 3. The van der Waals surface area contributed by atoms with Gasteiger partial charge in [-0.1, -0.05) is 0 Å². The van der Waals surface area contributed by atoms with Gasteiger partial charge < -0.3 is 19.7 Å². The number of rotatable bonds is 7. The highest BCUT2D eigenvalue weighted by atomic mass is 16.5. The van der Waals surface area contributed by atoms with Gasteiger partial charge in [0, 0.05) is 17.8 Å². The molecule has 25 heavy (non-hydrogen) atoms. The molecule has 8 nitrogen and oxygen atoms in total. The Balaban J connectivity index is 1.81. The zero-order valence-corrected chi connectivity index (χ0v) is 13.6. The summed E-state index contributed by atoms with van der Waals surface area (Å²) in [6.07, 6.45) is 4.53. The van der Waals surface area contributed by atoms with Crippen molar-refractivity contribution >= 4 is 18.3 Å². The SMILES string of the molecule is O=CNc1nc(-c2ccc(OCC(=O)O)cc2)cn1C1CCNCC1. The highest BCUT2D eigenvalue weighted by Crippen LogP contribution is 2.28. The van der Waals surface area contributed by atoms with Crippen LogP contribution in [0.5, 0.6) is 5.75 Å². The summed E-state index contributed by atoms with van der Waals surface area (Å²) >= 11 is 0. The van der Waals surface area contributed by atoms with Crippen molar-refractivity contribution in [1.29, 1.82) is 0 Å². The third kappa shape index (κ3) is 4.16. The van der Waals surface area contributed by atoms with Gasteiger partial charge in [-0.25, -0.2) is 9.78 Å². The summed E-state index contributed by atoms with van der Waals surface area (Å²) in [5, 5.41) is 14.6. The van der Waals surface area contributed by atoms with Crippen LogP contribution in [0.4, 0.5) is 5.95 Å². The molecule has 0 aliphatic carbocycles. The van der Waals surface area contributed by atoms with Crippen molar-refractivity contribution in [2.24, 2.45) is 0 Å². The van der Waals surface area contributed by atoms with Gasteiger partial charge >= 0.3 is 5.97 Å². The smallest absolute Gasteiger partial charge is 0.341 e. The number of nitrogens with one attached hydrogen (secondary N) is 2. The molecule has 1 saturated heterocycles. The Kier molecular flexibility index (Phi) is 5.30. The highest BCUT2D eigenvalue weighted by Gasteiger charge is 2.19. The van der Waals surface area contributed by atoms with Gasteiger partial charge in [0.15, 0.2) is 6.61 Å². The first-order valence-corrected chi connectivity index (χ1v) is 8.12. The van der Waals surface area contributed by atoms with Gasteiger partial charge in [0.25, 0.3) is 0 Å². The predicted octanol–water partition coefficient (Wildman–Crippen LogP) is 1.51. The van der Waals surface area contributed by atoms with Crippen molar-refractivity contribution in [2.45, 2.75) is 18.9 Å². The van der Waals surface area contributed by atoms with E-state index in [2.05, 4.69) is 15.6 Å². The molecule has 0 radical (unpaired) electrons. The van der Waals surface area contributed by atoms with Crippen molar-refractivity contribution in [1.82, 2.24) is 14.9 Å². The maximum atomic E-state index is 10.9. The molecule has 8 heteroatoms. The second-order valence-corrected chi connectivity index (χ2v) is 5.81. The lowest BCUT2D eigenvalue weighted by Gasteiger charge is -2.24. The quantitative estimate of drug-likeness (QED) is 0.658. The van der Waals surface area contributed by atoms with Crippen molar-refractivity contribution in [3.63, 3.8) is 0 Å². The average Bonchev–Trinajstić information content (AvgIpc) is 3.05. The number of benzene rings is 1. The highest BCUT2D eigenvalue weighted by molar-refractivity contribution is 5.70. The molecule has 0 unspecified atom stereocenters. The van der Waals surface area contributed by atoms with E-state index in [9.17, 15) is 9.59 Å². The normalized spacial score (nSPS) is 14.9. The molecule has 1 aliphatic rings. The molecule has 2 aromatic rings. The van der Waals surface area contributed by atoms with E-state index in [0.717, 1.165) is 37.2 Å². The number of anilines is 1. The zero-order chi connectivity index (χ0) is 17.6. The van der Waals surface area contributed by atoms with Gasteiger partial charge in [-0.3, -0.25) is 10.1 Å². The second kappa shape index (κ2) is 7.80. The summed E-state index contributed by atoms with van der Waals surface area (Å²) in [6.45, 7) is 1.50. The molecule has 0 atom stereocenters. The Morgan fingerprint density at radius 2 is 2.08 bits per heavy atom. The van der Waals surface area contributed by atoms with Crippen LogP contribution in [0.2, 0.25) is 0 Å². The number of carbonyl (C=O) groups excluding carboxylic acids is 1. The summed E-state index contributed by atoms with van der Waals surface area (Å²) in [6, 6.07) is 7.33. The van der Waals surface area contributed by atoms with Crippen molar-refractivity contribution in [3.05, 3.63) is 30.5 Å². The topological polar surface area (TPSA) is 105 Å². The van der Waals surface area contributed by atoms with Crippen LogP contribution in [-0.4, -0.2) is 46.7 Å². The molecule has 0 bridgehead atoms. The van der Waals surface area contributed by atoms with Gasteiger partial charge in [0.2, 0.25) is 12.4 Å². The van der Waals surface area contributed by atoms with Crippen LogP contribution in [0, 0.1) is 0 Å². The Hall–Kier alpha value is -2.87. The Morgan fingerprint density at radius 1 is 1.36 bits per heavy atom. The molecular formula is C17H20N4O4. The minimum atomic E-state index is -1.02. The molecule has 1 fully saturated rings. The van der Waals surface area contributed by atoms with Gasteiger partial charge in [0.1, 0.15) is 5.75 Å². The molecule has 3 rings (SSSR count). The molecule has 3 N–H and O–H groups in total. The lowest BCUT2D eigenvalue weighted by molar-refractivity contribution is -0.139. The molecule has 0 spiro atoms. The van der Waals surface area contributed by atoms with E-state index in [4.69, 9.17) is 9.84 Å². The maximum Gasteiger partial charge on any atom is 0.341 e. The summed E-state index contributed by atoms with van der Waals surface area (Å²) in [4.78, 5) is 25.9. The molecular weight excluding hydrogens is 324 g/mol. The fourth-order valence-electron chi connectivity index (χ4n) is 2.92. The first kappa shape index (κ1) is 17.0. The second-order valence-electron chi connectivity index (χ2n) is 5.81. The minimum Gasteiger partial charge on any atom is -0.482 e. The van der Waals surface area contributed by atoms with Gasteiger partial charge in [-0.15, -0.1) is 0 Å². The zero-order valence-electron chi connectivity index (χ0n) is 13.6. The van der Waals surface area contributed by atoms with E-state index >= 15 is 0 Å². The lowest BCUT2D eigenvalue weighted by Crippen LogP contribution is -2.29. The lowest BCUT2D eigenvalue weighted by atomic mass is 10.1. The van der Waals surface area contributed by atoms with Crippen LogP contribution in [0.25, 0.3) is 11.3 Å². The van der Waals surface area contributed by atoms with Crippen LogP contribution in [-0.2, 0) is 9.59 Å². The molecule has 1 aromatic heterocycles. The van der Waals surface area contributed by atoms with E-state index in [-0.39, 0.29) is 6.61 Å². The Morgan fingerprint density at radius 3 is 2.72 bits per heavy atom. The number of ether oxygens (including phenoxy) is 1. The van der Waals surface area contributed by atoms with Gasteiger partial charge in [-0.05, 0) is 50.2 Å². The largest absolute Gasteiger partial charge is 0.482 e. The van der Waals surface area contributed by atoms with Gasteiger partial charge in [0.05, 0.1) is 5.69 Å². The van der Waals surface area contributed by atoms with Crippen LogP contribution in [0.3, 0.4) is 0 Å². The van der Waals surface area contributed by atoms with Crippen molar-refractivity contribution in [3.8, 4) is 17.0 Å². The predicted molar refractivity (Wildman–Crippen MR) is 91.6 cm³/mol. The minimum absolute atomic E-state index is 0.295. The van der Waals surface area contributed by atoms with E-state index in [0.29, 0.717) is 24.1 Å². The number of imidazole rings is 1. The van der Waals surface area contributed by atoms with Crippen LogP contribution in [0.1, 0.15) is 18.9 Å². The van der Waals surface area contributed by atoms with Crippen molar-refractivity contribution in [2.75, 3.05) is 25.0 Å². The fraction of sp³-hybridized carbons (Fsp3) is 0.353. The summed E-state index contributed by atoms with van der Waals surface area (Å²) in [5.74, 6) is -0.00680. The molecule has 132 valence electrons. The first-order valence-electron chi connectivity index (χ1n) is 8.12. The number of nitrogens with zero attached hydrogens (tertiary/aromatic N) is 2. The van der Waals surface area contributed by atoms with E-state index in [1.54, 1.807) is 12.1 Å². The van der Waals surface area contributed by atoms with Crippen LogP contribution < -0.4 is 15.4 Å². The van der Waals surface area contributed by atoms with Crippen LogP contribution in [0.15, 0.2) is 30.5 Å². The third-order valence-electron chi connectivity index (χ3n) is 4.13. The molecule has 2 heterocycles. The Bertz CT molecular complexity index is 736. The third-order valence-corrected chi connectivity index (χ3v) is 4.13. The number of aromatic nitrogens is 2. The number of carboxylic acids is 1. The number of piperidine rings is 1. The maximum absolute atomic E-state index is 10.9. The van der Waals surface area contributed by atoms with Crippen LogP contribution >= 0.6 is 0 Å². The number of hydrogen-bond acceptors (Lipinski definition) is 5. The van der Waals surface area contributed by atoms with Crippen molar-refractivity contribution < 1.29 is 19.4 Å². The van der Waals surface area contributed by atoms with E-state index in [1.165, 1.54) is 0 Å². The van der Waals surface area contributed by atoms with Gasteiger partial charge in [-0.2, -0.15) is 0 Å². The van der Waals surface area contributed by atoms with E-state index < -0.39 is 5.97 Å². The van der Waals surface area contributed by atoms with E-state index in [1.807, 2.05) is 22.9 Å². The molecule has 1 amide bonds. The number of carbonyl (C=O) groups is 2. The summed E-state index contributed by atoms with van der Waals surface area (Å²) < 4.78 is 7.14. The molecule has 0 saturated carbocycles. The summed E-state index contributed by atoms with van der Waals surface area (Å²) in [7, 11) is 0. The monoisotopic (exact) mass is 344 g/mol. The number of aliphatic carboxylic acids is 1. The number of carboxylic acid groups (broad SMARTS) is 1. The molecule has 1 aromatic carbocycles. The standard InChI is InChI=1S/C17H20N4O4/c22-11-19-17-20-15(9-21(17)13-5-7-18-8-6-13)12-1-3-14(4-2-12)25-10-16(23)24/h1-4,9,11,13,18H,5-8,10H2,(H,23,24)(H,19,20,22). The average molecular weight is 344 g/mol. The Labute approximate surface area is 144 Å². The molecule has 1 aliphatic heterocycles.